The number of hydrogen-bond donors (Lipinski definition) is 0. The molecule has 0 amide bonds. The van der Waals surface area contributed by atoms with Crippen molar-refractivity contribution in [3.8, 4) is 0 Å². The molecule has 0 radical (unpaired) electrons. The number of carbonyl (C=O) groups is 2. The smallest absolute Gasteiger partial charge is 0.150 e. The molecule has 0 spiro atoms. The predicted octanol–water partition coefficient (Wildman–Crippen LogP) is 6.74. The van der Waals surface area contributed by atoms with Crippen LogP contribution in [0, 0.1) is 5.41 Å². The molecular weight excluding hydrogens is 356 g/mol. The largest absolute Gasteiger partial charge is 0.298 e. The van der Waals surface area contributed by atoms with Crippen molar-refractivity contribution in [2.24, 2.45) is 5.41 Å². The van der Waals surface area contributed by atoms with Gasteiger partial charge in [0.25, 0.3) is 0 Å². The Labute approximate surface area is 177 Å². The van der Waals surface area contributed by atoms with E-state index in [9.17, 15) is 9.59 Å². The van der Waals surface area contributed by atoms with Crippen molar-refractivity contribution in [3.63, 3.8) is 0 Å². The molecule has 2 aromatic carbocycles. The molecule has 3 rings (SSSR count). The zero-order chi connectivity index (χ0) is 22.1. The van der Waals surface area contributed by atoms with Crippen LogP contribution >= 0.6 is 0 Å². The van der Waals surface area contributed by atoms with Crippen LogP contribution in [-0.4, -0.2) is 11.6 Å². The predicted molar refractivity (Wildman–Crippen MR) is 123 cm³/mol. The summed E-state index contributed by atoms with van der Waals surface area (Å²) in [5.74, 6) is 0.159. The molecule has 0 bridgehead atoms. The Kier molecular flexibility index (Phi) is 9.49. The lowest BCUT2D eigenvalue weighted by molar-refractivity contribution is -0.133. The molecular formula is C27H38O2. The lowest BCUT2D eigenvalue weighted by Crippen LogP contribution is -2.28. The molecule has 1 saturated carbocycles. The fourth-order valence-electron chi connectivity index (χ4n) is 3.27. The average molecular weight is 395 g/mol. The molecule has 0 heterocycles. The minimum absolute atomic E-state index is 0.0787. The zero-order valence-corrected chi connectivity index (χ0v) is 19.3. The van der Waals surface area contributed by atoms with Gasteiger partial charge in [0.05, 0.1) is 5.41 Å². The SMILES string of the molecule is CC.CC.CC(C)(C)c1ccc(CC(=O)C2(C(=O)Cc3ccccc3)CC2)cc1. The van der Waals surface area contributed by atoms with Crippen molar-refractivity contribution < 1.29 is 9.59 Å². The molecule has 0 aliphatic heterocycles. The Morgan fingerprint density at radius 1 is 0.724 bits per heavy atom. The van der Waals surface area contributed by atoms with Gasteiger partial charge in [-0.05, 0) is 34.9 Å². The normalized spacial score (nSPS) is 13.9. The van der Waals surface area contributed by atoms with Gasteiger partial charge < -0.3 is 0 Å². The van der Waals surface area contributed by atoms with Gasteiger partial charge in [0.2, 0.25) is 0 Å². The summed E-state index contributed by atoms with van der Waals surface area (Å²) in [5, 5.41) is 0. The summed E-state index contributed by atoms with van der Waals surface area (Å²) in [6.45, 7) is 14.5. The van der Waals surface area contributed by atoms with Crippen LogP contribution < -0.4 is 0 Å². The van der Waals surface area contributed by atoms with Crippen molar-refractivity contribution in [2.45, 2.75) is 79.6 Å². The molecule has 1 aliphatic carbocycles. The number of hydrogen-bond acceptors (Lipinski definition) is 2. The molecule has 158 valence electrons. The van der Waals surface area contributed by atoms with Gasteiger partial charge in [0.15, 0.2) is 11.6 Å². The Hall–Kier alpha value is -2.22. The van der Waals surface area contributed by atoms with Crippen LogP contribution in [0.3, 0.4) is 0 Å². The first kappa shape index (κ1) is 24.8. The summed E-state index contributed by atoms with van der Waals surface area (Å²) >= 11 is 0. The second kappa shape index (κ2) is 11.1. The molecule has 2 heteroatoms. The molecule has 1 fully saturated rings. The first-order chi connectivity index (χ1) is 13.8. The number of ketones is 2. The number of carbonyl (C=O) groups excluding carboxylic acids is 2. The van der Waals surface area contributed by atoms with Crippen LogP contribution in [0.5, 0.6) is 0 Å². The molecule has 0 saturated heterocycles. The molecule has 29 heavy (non-hydrogen) atoms. The summed E-state index contributed by atoms with van der Waals surface area (Å²) in [7, 11) is 0. The third-order valence-electron chi connectivity index (χ3n) is 5.21. The molecule has 2 aromatic rings. The molecule has 2 nitrogen and oxygen atoms in total. The van der Waals surface area contributed by atoms with Crippen molar-refractivity contribution in [2.75, 3.05) is 0 Å². The fraction of sp³-hybridized carbons (Fsp3) is 0.481. The van der Waals surface area contributed by atoms with E-state index in [1.165, 1.54) is 5.56 Å². The van der Waals surface area contributed by atoms with E-state index in [1.54, 1.807) is 0 Å². The minimum atomic E-state index is -0.724. The average Bonchev–Trinajstić information content (AvgIpc) is 3.54. The highest BCUT2D eigenvalue weighted by Gasteiger charge is 2.54. The molecule has 0 atom stereocenters. The van der Waals surface area contributed by atoms with Crippen LogP contribution in [0.2, 0.25) is 0 Å². The number of benzene rings is 2. The molecule has 0 N–H and O–H groups in total. The van der Waals surface area contributed by atoms with Gasteiger partial charge in [-0.2, -0.15) is 0 Å². The third-order valence-corrected chi connectivity index (χ3v) is 5.21. The highest BCUT2D eigenvalue weighted by Crippen LogP contribution is 2.48. The van der Waals surface area contributed by atoms with Crippen molar-refractivity contribution in [1.29, 1.82) is 0 Å². The van der Waals surface area contributed by atoms with E-state index in [0.29, 0.717) is 25.7 Å². The van der Waals surface area contributed by atoms with Crippen molar-refractivity contribution in [3.05, 3.63) is 71.3 Å². The molecule has 0 aromatic heterocycles. The Morgan fingerprint density at radius 2 is 1.14 bits per heavy atom. The highest BCUT2D eigenvalue weighted by molar-refractivity contribution is 6.10. The van der Waals surface area contributed by atoms with Gasteiger partial charge in [0, 0.05) is 12.8 Å². The van der Waals surface area contributed by atoms with Crippen LogP contribution in [0.25, 0.3) is 0 Å². The second-order valence-electron chi connectivity index (χ2n) is 8.21. The summed E-state index contributed by atoms with van der Waals surface area (Å²) in [6.07, 6.45) is 2.12. The topological polar surface area (TPSA) is 34.1 Å². The Morgan fingerprint density at radius 3 is 1.52 bits per heavy atom. The first-order valence-corrected chi connectivity index (χ1v) is 11.0. The summed E-state index contributed by atoms with van der Waals surface area (Å²) in [5.41, 5.74) is 2.62. The Bertz CT molecular complexity index is 760. The van der Waals surface area contributed by atoms with E-state index in [-0.39, 0.29) is 17.0 Å². The van der Waals surface area contributed by atoms with Gasteiger partial charge >= 0.3 is 0 Å². The van der Waals surface area contributed by atoms with Crippen LogP contribution in [0.4, 0.5) is 0 Å². The molecule has 0 unspecified atom stereocenters. The van der Waals surface area contributed by atoms with Gasteiger partial charge in [-0.15, -0.1) is 0 Å². The van der Waals surface area contributed by atoms with Crippen molar-refractivity contribution in [1.82, 2.24) is 0 Å². The van der Waals surface area contributed by atoms with E-state index in [2.05, 4.69) is 32.9 Å². The van der Waals surface area contributed by atoms with Gasteiger partial charge in [-0.3, -0.25) is 9.59 Å². The maximum Gasteiger partial charge on any atom is 0.150 e. The third kappa shape index (κ3) is 6.66. The highest BCUT2D eigenvalue weighted by atomic mass is 16.2. The monoisotopic (exact) mass is 394 g/mol. The van der Waals surface area contributed by atoms with E-state index < -0.39 is 5.41 Å². The zero-order valence-electron chi connectivity index (χ0n) is 19.3. The fourth-order valence-corrected chi connectivity index (χ4v) is 3.27. The maximum atomic E-state index is 12.8. The number of Topliss-reactive ketones (excluding diaryl/α,β-unsaturated/α-hetero) is 2. The van der Waals surface area contributed by atoms with Crippen LogP contribution in [-0.2, 0) is 27.8 Å². The minimum Gasteiger partial charge on any atom is -0.298 e. The van der Waals surface area contributed by atoms with Crippen LogP contribution in [0.1, 0.15) is 78.0 Å². The van der Waals surface area contributed by atoms with Gasteiger partial charge in [0.1, 0.15) is 0 Å². The van der Waals surface area contributed by atoms with E-state index in [4.69, 9.17) is 0 Å². The standard InChI is InChI=1S/C23H26O2.2C2H6/c1-22(2,3)19-11-9-18(10-12-19)16-21(25)23(13-14-23)20(24)15-17-7-5-4-6-8-17;2*1-2/h4-12H,13-16H2,1-3H3;2*1-2H3. The summed E-state index contributed by atoms with van der Waals surface area (Å²) in [6, 6.07) is 17.9. The van der Waals surface area contributed by atoms with Crippen LogP contribution in [0.15, 0.2) is 54.6 Å². The van der Waals surface area contributed by atoms with E-state index in [1.807, 2.05) is 70.2 Å². The van der Waals surface area contributed by atoms with Crippen molar-refractivity contribution >= 4 is 11.6 Å². The quantitative estimate of drug-likeness (QED) is 0.508. The second-order valence-corrected chi connectivity index (χ2v) is 8.21. The summed E-state index contributed by atoms with van der Waals surface area (Å²) < 4.78 is 0. The number of rotatable bonds is 6. The first-order valence-electron chi connectivity index (χ1n) is 11.0. The van der Waals surface area contributed by atoms with E-state index in [0.717, 1.165) is 11.1 Å². The van der Waals surface area contributed by atoms with Gasteiger partial charge in [-0.1, -0.05) is 103 Å². The van der Waals surface area contributed by atoms with Gasteiger partial charge in [-0.25, -0.2) is 0 Å². The summed E-state index contributed by atoms with van der Waals surface area (Å²) in [4.78, 5) is 25.5. The molecule has 1 aliphatic rings. The lowest BCUT2D eigenvalue weighted by atomic mass is 9.85. The maximum absolute atomic E-state index is 12.8. The Balaban J connectivity index is 0.000000989. The van der Waals surface area contributed by atoms with E-state index >= 15 is 0 Å². The lowest BCUT2D eigenvalue weighted by Gasteiger charge is -2.19.